The van der Waals surface area contributed by atoms with E-state index in [2.05, 4.69) is 13.0 Å². The van der Waals surface area contributed by atoms with Crippen LogP contribution in [0.4, 0.5) is 0 Å². The minimum atomic E-state index is -0.130. The van der Waals surface area contributed by atoms with Crippen LogP contribution in [0.5, 0.6) is 5.75 Å². The van der Waals surface area contributed by atoms with Crippen LogP contribution in [0.25, 0.3) is 0 Å². The first-order valence-electron chi connectivity index (χ1n) is 11.2. The maximum atomic E-state index is 10.7. The summed E-state index contributed by atoms with van der Waals surface area (Å²) in [5.41, 5.74) is 2.93. The Morgan fingerprint density at radius 3 is 2.70 bits per heavy atom. The molecule has 3 heteroatoms. The molecule has 0 heterocycles. The second-order valence-electron chi connectivity index (χ2n) is 9.70. The van der Waals surface area contributed by atoms with Gasteiger partial charge in [0.25, 0.3) is 0 Å². The molecule has 0 aliphatic heterocycles. The van der Waals surface area contributed by atoms with Gasteiger partial charge < -0.3 is 15.3 Å². The summed E-state index contributed by atoms with van der Waals surface area (Å²) in [5, 5.41) is 29.7. The fraction of sp³-hybridized carbons (Fsp3) is 0.750. The molecule has 1 unspecified atom stereocenters. The van der Waals surface area contributed by atoms with Crippen LogP contribution in [-0.4, -0.2) is 28.0 Å². The highest BCUT2D eigenvalue weighted by molar-refractivity contribution is 5.40. The van der Waals surface area contributed by atoms with E-state index >= 15 is 0 Å². The molecule has 3 aliphatic rings. The Labute approximate surface area is 163 Å². The van der Waals surface area contributed by atoms with Gasteiger partial charge in [-0.15, -0.1) is 0 Å². The Morgan fingerprint density at radius 2 is 1.89 bits per heavy atom. The van der Waals surface area contributed by atoms with Crippen LogP contribution >= 0.6 is 0 Å². The van der Waals surface area contributed by atoms with Gasteiger partial charge in [0.15, 0.2) is 0 Å². The average molecular weight is 373 g/mol. The summed E-state index contributed by atoms with van der Waals surface area (Å²) in [6.45, 7) is 2.65. The lowest BCUT2D eigenvalue weighted by Gasteiger charge is -2.53. The van der Waals surface area contributed by atoms with Crippen molar-refractivity contribution in [3.63, 3.8) is 0 Å². The predicted octanol–water partition coefficient (Wildman–Crippen LogP) is 4.78. The second kappa shape index (κ2) is 7.75. The zero-order chi connectivity index (χ0) is 19.0. The number of benzene rings is 1. The molecule has 0 spiro atoms. The summed E-state index contributed by atoms with van der Waals surface area (Å²) in [5.74, 6) is 2.96. The zero-order valence-corrected chi connectivity index (χ0v) is 16.7. The molecule has 0 amide bonds. The summed E-state index contributed by atoms with van der Waals surface area (Å²) in [6, 6.07) is 6.04. The fourth-order valence-electron chi connectivity index (χ4n) is 6.90. The topological polar surface area (TPSA) is 60.7 Å². The van der Waals surface area contributed by atoms with Crippen molar-refractivity contribution in [2.75, 3.05) is 6.61 Å². The van der Waals surface area contributed by atoms with Crippen LogP contribution < -0.4 is 0 Å². The molecule has 6 atom stereocenters. The average Bonchev–Trinajstić information content (AvgIpc) is 2.96. The number of aromatic hydroxyl groups is 1. The van der Waals surface area contributed by atoms with E-state index in [0.717, 1.165) is 32.1 Å². The quantitative estimate of drug-likeness (QED) is 0.630. The molecule has 2 fully saturated rings. The van der Waals surface area contributed by atoms with Crippen molar-refractivity contribution in [1.82, 2.24) is 0 Å². The molecule has 0 bridgehead atoms. The molecule has 0 saturated heterocycles. The number of phenolic OH excluding ortho intramolecular Hbond substituents is 1. The summed E-state index contributed by atoms with van der Waals surface area (Å²) >= 11 is 0. The summed E-state index contributed by atoms with van der Waals surface area (Å²) in [7, 11) is 0. The number of fused-ring (bicyclic) bond motifs is 5. The van der Waals surface area contributed by atoms with Crippen LogP contribution in [0.2, 0.25) is 0 Å². The van der Waals surface area contributed by atoms with Gasteiger partial charge in [0.05, 0.1) is 6.10 Å². The third-order valence-electron chi connectivity index (χ3n) is 8.32. The number of aliphatic hydroxyl groups excluding tert-OH is 2. The number of hydrogen-bond acceptors (Lipinski definition) is 3. The van der Waals surface area contributed by atoms with Gasteiger partial charge in [-0.05, 0) is 97.3 Å². The van der Waals surface area contributed by atoms with Crippen LogP contribution in [0.3, 0.4) is 0 Å². The first-order valence-corrected chi connectivity index (χ1v) is 11.2. The first-order chi connectivity index (χ1) is 13.0. The van der Waals surface area contributed by atoms with Crippen molar-refractivity contribution in [1.29, 1.82) is 0 Å². The highest BCUT2D eigenvalue weighted by Crippen LogP contribution is 2.62. The Morgan fingerprint density at radius 1 is 1.07 bits per heavy atom. The molecule has 3 aliphatic carbocycles. The Kier molecular flexibility index (Phi) is 5.53. The fourth-order valence-corrected chi connectivity index (χ4v) is 6.90. The normalized spacial score (nSPS) is 37.5. The predicted molar refractivity (Wildman–Crippen MR) is 108 cm³/mol. The molecule has 1 aromatic rings. The summed E-state index contributed by atoms with van der Waals surface area (Å²) in [6.07, 6.45) is 11.1. The third-order valence-corrected chi connectivity index (χ3v) is 8.32. The molecule has 2 saturated carbocycles. The van der Waals surface area contributed by atoms with E-state index in [9.17, 15) is 10.2 Å². The maximum absolute atomic E-state index is 10.7. The molecule has 3 N–H and O–H groups in total. The number of rotatable bonds is 6. The number of aliphatic hydroxyl groups is 2. The zero-order valence-electron chi connectivity index (χ0n) is 16.7. The van der Waals surface area contributed by atoms with Gasteiger partial charge in [-0.2, -0.15) is 0 Å². The summed E-state index contributed by atoms with van der Waals surface area (Å²) < 4.78 is 0. The maximum Gasteiger partial charge on any atom is 0.115 e. The SMILES string of the molecule is C[C@]12CC[C@@H]3c4ccc(O)cc4CC(CCCCCCO)[C@H]3[C@@H]1CC[C@@H]2O. The van der Waals surface area contributed by atoms with Crippen LogP contribution in [-0.2, 0) is 6.42 Å². The molecular formula is C24H36O3. The first kappa shape index (κ1) is 19.3. The highest BCUT2D eigenvalue weighted by Gasteiger charge is 2.56. The molecule has 0 aromatic heterocycles. The van der Waals surface area contributed by atoms with Gasteiger partial charge in [-0.1, -0.05) is 32.3 Å². The van der Waals surface area contributed by atoms with Gasteiger partial charge >= 0.3 is 0 Å². The lowest BCUT2D eigenvalue weighted by molar-refractivity contribution is -0.0396. The van der Waals surface area contributed by atoms with E-state index in [1.807, 2.05) is 12.1 Å². The van der Waals surface area contributed by atoms with Gasteiger partial charge in [0.2, 0.25) is 0 Å². The lowest BCUT2D eigenvalue weighted by Crippen LogP contribution is -2.47. The van der Waals surface area contributed by atoms with Crippen molar-refractivity contribution in [2.45, 2.75) is 83.2 Å². The standard InChI is InChI=1S/C24H36O3/c1-24-12-11-20-19-8-7-18(26)15-17(19)14-16(6-4-2-3-5-13-25)23(20)21(24)9-10-22(24)27/h7-8,15-16,20-23,25-27H,2-6,9-14H2,1H3/t16?,20-,21+,22+,23-,24+/m1/s1. The van der Waals surface area contributed by atoms with Crippen LogP contribution in [0, 0.1) is 23.2 Å². The minimum Gasteiger partial charge on any atom is -0.508 e. The van der Waals surface area contributed by atoms with Crippen LogP contribution in [0.1, 0.15) is 81.8 Å². The van der Waals surface area contributed by atoms with E-state index in [-0.39, 0.29) is 11.5 Å². The van der Waals surface area contributed by atoms with Crippen molar-refractivity contribution >= 4 is 0 Å². The Hall–Kier alpha value is -1.06. The molecule has 4 rings (SSSR count). The number of hydrogen-bond donors (Lipinski definition) is 3. The smallest absolute Gasteiger partial charge is 0.115 e. The second-order valence-corrected chi connectivity index (χ2v) is 9.70. The van der Waals surface area contributed by atoms with E-state index in [4.69, 9.17) is 5.11 Å². The molecule has 150 valence electrons. The van der Waals surface area contributed by atoms with Gasteiger partial charge in [-0.3, -0.25) is 0 Å². The summed E-state index contributed by atoms with van der Waals surface area (Å²) in [4.78, 5) is 0. The van der Waals surface area contributed by atoms with Crippen molar-refractivity contribution in [3.8, 4) is 5.75 Å². The van der Waals surface area contributed by atoms with Gasteiger partial charge in [-0.25, -0.2) is 0 Å². The van der Waals surface area contributed by atoms with E-state index < -0.39 is 0 Å². The monoisotopic (exact) mass is 372 g/mol. The minimum absolute atomic E-state index is 0.102. The largest absolute Gasteiger partial charge is 0.508 e. The third kappa shape index (κ3) is 3.42. The Bertz CT molecular complexity index is 657. The van der Waals surface area contributed by atoms with E-state index in [1.54, 1.807) is 0 Å². The van der Waals surface area contributed by atoms with Crippen LogP contribution in [0.15, 0.2) is 18.2 Å². The molecule has 27 heavy (non-hydrogen) atoms. The van der Waals surface area contributed by atoms with Crippen molar-refractivity contribution in [2.24, 2.45) is 23.2 Å². The molecule has 0 radical (unpaired) electrons. The van der Waals surface area contributed by atoms with E-state index in [0.29, 0.717) is 36.0 Å². The molecule has 1 aromatic carbocycles. The molecular weight excluding hydrogens is 336 g/mol. The van der Waals surface area contributed by atoms with Crippen molar-refractivity contribution < 1.29 is 15.3 Å². The van der Waals surface area contributed by atoms with E-state index in [1.165, 1.54) is 43.2 Å². The van der Waals surface area contributed by atoms with Crippen molar-refractivity contribution in [3.05, 3.63) is 29.3 Å². The Balaban J connectivity index is 1.59. The van der Waals surface area contributed by atoms with Gasteiger partial charge in [0, 0.05) is 6.61 Å². The highest BCUT2D eigenvalue weighted by atomic mass is 16.3. The number of unbranched alkanes of at least 4 members (excludes halogenated alkanes) is 3. The van der Waals surface area contributed by atoms with Gasteiger partial charge in [0.1, 0.15) is 5.75 Å². The number of phenols is 1. The lowest BCUT2D eigenvalue weighted by atomic mass is 9.52. The molecule has 3 nitrogen and oxygen atoms in total.